The number of hydrogen-bond donors (Lipinski definition) is 0. The number of ether oxygens (including phenoxy) is 1. The molecule has 0 N–H and O–H groups in total. The molecule has 0 amide bonds. The number of methoxy groups -OCH3 is 1. The number of unbranched alkanes of at least 4 members (excludes halogenated alkanes) is 1. The van der Waals surface area contributed by atoms with Crippen molar-refractivity contribution in [2.24, 2.45) is 11.8 Å². The molecule has 118 valence electrons. The summed E-state index contributed by atoms with van der Waals surface area (Å²) < 4.78 is 6.43. The summed E-state index contributed by atoms with van der Waals surface area (Å²) >= 11 is 7.64. The Labute approximate surface area is 146 Å². The summed E-state index contributed by atoms with van der Waals surface area (Å²) in [4.78, 5) is 0.449. The molecule has 1 nitrogen and oxygen atoms in total. The van der Waals surface area contributed by atoms with Gasteiger partial charge in [0.05, 0.1) is 7.11 Å². The monoisotopic (exact) mass is 416 g/mol. The van der Waals surface area contributed by atoms with Gasteiger partial charge in [-0.25, -0.2) is 0 Å². The second kappa shape index (κ2) is 8.57. The SMILES string of the molecule is CCCCC1CCC(C(Br)c2ccc(OC)cc2Br)CC1. The Hall–Kier alpha value is -0.0200. The molecule has 3 heteroatoms. The Morgan fingerprint density at radius 2 is 1.95 bits per heavy atom. The van der Waals surface area contributed by atoms with Crippen molar-refractivity contribution in [2.75, 3.05) is 7.11 Å². The van der Waals surface area contributed by atoms with Crippen molar-refractivity contribution in [1.82, 2.24) is 0 Å². The minimum Gasteiger partial charge on any atom is -0.497 e. The molecule has 0 aromatic heterocycles. The second-order valence-electron chi connectivity index (χ2n) is 6.21. The van der Waals surface area contributed by atoms with Crippen LogP contribution in [0.15, 0.2) is 22.7 Å². The quantitative estimate of drug-likeness (QED) is 0.457. The molecule has 21 heavy (non-hydrogen) atoms. The van der Waals surface area contributed by atoms with Gasteiger partial charge < -0.3 is 4.74 Å². The summed E-state index contributed by atoms with van der Waals surface area (Å²) in [6.07, 6.45) is 9.67. The third-order valence-corrected chi connectivity index (χ3v) is 6.70. The van der Waals surface area contributed by atoms with E-state index in [1.807, 2.05) is 0 Å². The molecule has 0 bridgehead atoms. The molecular weight excluding hydrogens is 392 g/mol. The predicted octanol–water partition coefficient (Wildman–Crippen LogP) is 6.89. The zero-order chi connectivity index (χ0) is 15.2. The maximum absolute atomic E-state index is 5.28. The van der Waals surface area contributed by atoms with Gasteiger partial charge in [-0.3, -0.25) is 0 Å². The molecule has 0 radical (unpaired) electrons. The van der Waals surface area contributed by atoms with Gasteiger partial charge in [-0.1, -0.05) is 77.0 Å². The van der Waals surface area contributed by atoms with Crippen LogP contribution in [0.1, 0.15) is 62.3 Å². The molecule has 0 heterocycles. The molecule has 0 saturated heterocycles. The Balaban J connectivity index is 1.94. The van der Waals surface area contributed by atoms with E-state index in [1.54, 1.807) is 7.11 Å². The van der Waals surface area contributed by atoms with Crippen LogP contribution in [0.4, 0.5) is 0 Å². The lowest BCUT2D eigenvalue weighted by atomic mass is 9.77. The molecule has 0 aliphatic heterocycles. The highest BCUT2D eigenvalue weighted by Gasteiger charge is 2.27. The highest BCUT2D eigenvalue weighted by molar-refractivity contribution is 9.11. The molecule has 0 spiro atoms. The zero-order valence-corrected chi connectivity index (χ0v) is 16.3. The van der Waals surface area contributed by atoms with Crippen molar-refractivity contribution in [3.63, 3.8) is 0 Å². The van der Waals surface area contributed by atoms with E-state index in [1.165, 1.54) is 50.5 Å². The van der Waals surface area contributed by atoms with Gasteiger partial charge in [-0.15, -0.1) is 0 Å². The van der Waals surface area contributed by atoms with Crippen LogP contribution in [0, 0.1) is 11.8 Å². The predicted molar refractivity (Wildman–Crippen MR) is 97.3 cm³/mol. The number of benzene rings is 1. The molecule has 1 aromatic carbocycles. The maximum atomic E-state index is 5.28. The first-order valence-electron chi connectivity index (χ1n) is 8.13. The fourth-order valence-corrected chi connectivity index (χ4v) is 5.21. The largest absolute Gasteiger partial charge is 0.497 e. The van der Waals surface area contributed by atoms with Gasteiger partial charge in [0, 0.05) is 9.30 Å². The first kappa shape index (κ1) is 17.3. The Bertz CT molecular complexity index is 439. The molecule has 1 atom stereocenters. The Kier molecular flexibility index (Phi) is 7.07. The van der Waals surface area contributed by atoms with Gasteiger partial charge in [0.2, 0.25) is 0 Å². The third kappa shape index (κ3) is 4.72. The fourth-order valence-electron chi connectivity index (χ4n) is 3.37. The molecule has 2 rings (SSSR count). The minimum atomic E-state index is 0.449. The van der Waals surface area contributed by atoms with Gasteiger partial charge >= 0.3 is 0 Å². The normalized spacial score (nSPS) is 23.8. The van der Waals surface area contributed by atoms with Crippen LogP contribution in [0.2, 0.25) is 0 Å². The average Bonchev–Trinajstić information content (AvgIpc) is 2.52. The summed E-state index contributed by atoms with van der Waals surface area (Å²) in [5, 5.41) is 0. The first-order valence-corrected chi connectivity index (χ1v) is 9.84. The van der Waals surface area contributed by atoms with Gasteiger partial charge in [0.25, 0.3) is 0 Å². The molecular formula is C18H26Br2O. The highest BCUT2D eigenvalue weighted by Crippen LogP contribution is 2.45. The van der Waals surface area contributed by atoms with E-state index in [9.17, 15) is 0 Å². The molecule has 1 saturated carbocycles. The maximum Gasteiger partial charge on any atom is 0.120 e. The summed E-state index contributed by atoms with van der Waals surface area (Å²) in [5.74, 6) is 2.64. The third-order valence-electron chi connectivity index (χ3n) is 4.78. The van der Waals surface area contributed by atoms with Gasteiger partial charge in [-0.05, 0) is 42.4 Å². The molecule has 1 fully saturated rings. The fraction of sp³-hybridized carbons (Fsp3) is 0.667. The Morgan fingerprint density at radius 1 is 1.24 bits per heavy atom. The van der Waals surface area contributed by atoms with E-state index in [4.69, 9.17) is 4.74 Å². The molecule has 1 aromatic rings. The lowest BCUT2D eigenvalue weighted by molar-refractivity contribution is 0.257. The van der Waals surface area contributed by atoms with E-state index in [2.05, 4.69) is 57.0 Å². The van der Waals surface area contributed by atoms with E-state index < -0.39 is 0 Å². The van der Waals surface area contributed by atoms with Gasteiger partial charge in [-0.2, -0.15) is 0 Å². The standard InChI is InChI=1S/C18H26Br2O/c1-3-4-5-13-6-8-14(9-7-13)18(20)16-11-10-15(21-2)12-17(16)19/h10-14,18H,3-9H2,1-2H3. The van der Waals surface area contributed by atoms with Crippen molar-refractivity contribution >= 4 is 31.9 Å². The van der Waals surface area contributed by atoms with Gasteiger partial charge in [0.1, 0.15) is 5.75 Å². The van der Waals surface area contributed by atoms with Crippen LogP contribution in [0.3, 0.4) is 0 Å². The summed E-state index contributed by atoms with van der Waals surface area (Å²) in [6, 6.07) is 6.31. The van der Waals surface area contributed by atoms with E-state index in [0.29, 0.717) is 4.83 Å². The van der Waals surface area contributed by atoms with Crippen LogP contribution < -0.4 is 4.74 Å². The van der Waals surface area contributed by atoms with E-state index in [0.717, 1.165) is 22.1 Å². The molecule has 1 unspecified atom stereocenters. The van der Waals surface area contributed by atoms with Crippen LogP contribution in [0.5, 0.6) is 5.75 Å². The average molecular weight is 418 g/mol. The first-order chi connectivity index (χ1) is 10.2. The van der Waals surface area contributed by atoms with Crippen LogP contribution >= 0.6 is 31.9 Å². The van der Waals surface area contributed by atoms with Crippen molar-refractivity contribution in [2.45, 2.75) is 56.7 Å². The van der Waals surface area contributed by atoms with Crippen LogP contribution in [-0.2, 0) is 0 Å². The number of hydrogen-bond acceptors (Lipinski definition) is 1. The second-order valence-corrected chi connectivity index (χ2v) is 8.05. The van der Waals surface area contributed by atoms with E-state index >= 15 is 0 Å². The van der Waals surface area contributed by atoms with Crippen LogP contribution in [-0.4, -0.2) is 7.11 Å². The topological polar surface area (TPSA) is 9.23 Å². The van der Waals surface area contributed by atoms with Crippen molar-refractivity contribution in [1.29, 1.82) is 0 Å². The highest BCUT2D eigenvalue weighted by atomic mass is 79.9. The Morgan fingerprint density at radius 3 is 2.52 bits per heavy atom. The smallest absolute Gasteiger partial charge is 0.120 e. The summed E-state index contributed by atoms with van der Waals surface area (Å²) in [7, 11) is 1.71. The van der Waals surface area contributed by atoms with Crippen molar-refractivity contribution in [3.8, 4) is 5.75 Å². The zero-order valence-electron chi connectivity index (χ0n) is 13.1. The number of alkyl halides is 1. The summed E-state index contributed by atoms with van der Waals surface area (Å²) in [5.41, 5.74) is 1.35. The van der Waals surface area contributed by atoms with Crippen molar-refractivity contribution in [3.05, 3.63) is 28.2 Å². The molecule has 1 aliphatic carbocycles. The summed E-state index contributed by atoms with van der Waals surface area (Å²) in [6.45, 7) is 2.29. The lowest BCUT2D eigenvalue weighted by Crippen LogP contribution is -2.18. The van der Waals surface area contributed by atoms with E-state index in [-0.39, 0.29) is 0 Å². The number of halogens is 2. The minimum absolute atomic E-state index is 0.449. The molecule has 1 aliphatic rings. The van der Waals surface area contributed by atoms with Gasteiger partial charge in [0.15, 0.2) is 0 Å². The van der Waals surface area contributed by atoms with Crippen LogP contribution in [0.25, 0.3) is 0 Å². The lowest BCUT2D eigenvalue weighted by Gasteiger charge is -2.32. The number of rotatable bonds is 6. The van der Waals surface area contributed by atoms with Crippen molar-refractivity contribution < 1.29 is 4.74 Å².